The molecular weight excluding hydrogens is 444 g/mol. The second-order valence-electron chi connectivity index (χ2n) is 10.0. The van der Waals surface area contributed by atoms with Gasteiger partial charge in [-0.3, -0.25) is 24.1 Å². The maximum atomic E-state index is 12.8. The fourth-order valence-electron chi connectivity index (χ4n) is 5.40. The van der Waals surface area contributed by atoms with Gasteiger partial charge in [0.25, 0.3) is 0 Å². The average Bonchev–Trinajstić information content (AvgIpc) is 3.28. The normalized spacial score (nSPS) is 19.9. The Bertz CT molecular complexity index is 1120. The quantitative estimate of drug-likeness (QED) is 0.317. The molecule has 0 spiro atoms. The van der Waals surface area contributed by atoms with Gasteiger partial charge in [0.15, 0.2) is 6.61 Å². The van der Waals surface area contributed by atoms with Crippen molar-refractivity contribution in [1.82, 2.24) is 9.47 Å². The maximum absolute atomic E-state index is 12.8. The molecule has 1 aliphatic heterocycles. The Kier molecular flexibility index (Phi) is 7.24. The van der Waals surface area contributed by atoms with Gasteiger partial charge in [-0.15, -0.1) is 0 Å². The van der Waals surface area contributed by atoms with E-state index in [0.717, 1.165) is 42.8 Å². The number of hydrogen-bond donors (Lipinski definition) is 0. The summed E-state index contributed by atoms with van der Waals surface area (Å²) in [5, 5.41) is 0. The number of benzene rings is 1. The van der Waals surface area contributed by atoms with Crippen LogP contribution in [0.25, 0.3) is 5.69 Å². The molecule has 1 aromatic heterocycles. The molecular formula is C28H34N2O5. The highest BCUT2D eigenvalue weighted by molar-refractivity contribution is 6.05. The first-order valence-electron chi connectivity index (χ1n) is 12.5. The summed E-state index contributed by atoms with van der Waals surface area (Å²) in [5.41, 5.74) is 4.44. The first-order valence-corrected chi connectivity index (χ1v) is 12.5. The number of hydrogen-bond acceptors (Lipinski definition) is 5. The molecule has 2 heterocycles. The lowest BCUT2D eigenvalue weighted by Crippen LogP contribution is -2.33. The smallest absolute Gasteiger partial charge is 0.308 e. The maximum Gasteiger partial charge on any atom is 0.308 e. The van der Waals surface area contributed by atoms with Crippen LogP contribution in [0.4, 0.5) is 0 Å². The van der Waals surface area contributed by atoms with Crippen LogP contribution in [0.15, 0.2) is 30.3 Å². The van der Waals surface area contributed by atoms with Crippen molar-refractivity contribution in [2.75, 3.05) is 13.2 Å². The summed E-state index contributed by atoms with van der Waals surface area (Å²) in [6.45, 7) is 7.75. The predicted molar refractivity (Wildman–Crippen MR) is 131 cm³/mol. The first-order chi connectivity index (χ1) is 16.7. The van der Waals surface area contributed by atoms with Crippen molar-refractivity contribution in [2.45, 2.75) is 65.7 Å². The van der Waals surface area contributed by atoms with Crippen LogP contribution in [0, 0.1) is 25.7 Å². The van der Waals surface area contributed by atoms with E-state index in [2.05, 4.69) is 26.0 Å². The van der Waals surface area contributed by atoms with E-state index in [1.54, 1.807) is 0 Å². The van der Waals surface area contributed by atoms with E-state index in [0.29, 0.717) is 11.5 Å². The molecule has 0 N–H and O–H groups in total. The third-order valence-corrected chi connectivity index (χ3v) is 7.39. The zero-order valence-corrected chi connectivity index (χ0v) is 21.0. The number of aryl methyl sites for hydroxylation is 1. The molecule has 0 radical (unpaired) electrons. The molecule has 2 fully saturated rings. The number of nitrogens with zero attached hydrogens (tertiary/aromatic N) is 2. The number of carbonyl (C=O) groups is 4. The minimum Gasteiger partial charge on any atom is -0.457 e. The second kappa shape index (κ2) is 10.2. The monoisotopic (exact) mass is 478 g/mol. The summed E-state index contributed by atoms with van der Waals surface area (Å²) in [6.07, 6.45) is 3.30. The Balaban J connectivity index is 1.34. The van der Waals surface area contributed by atoms with Crippen molar-refractivity contribution in [2.24, 2.45) is 11.8 Å². The second-order valence-corrected chi connectivity index (χ2v) is 10.0. The summed E-state index contributed by atoms with van der Waals surface area (Å²) in [7, 11) is 0. The topological polar surface area (TPSA) is 85.7 Å². The van der Waals surface area contributed by atoms with Crippen molar-refractivity contribution in [3.63, 3.8) is 0 Å². The van der Waals surface area contributed by atoms with Crippen LogP contribution >= 0.6 is 0 Å². The van der Waals surface area contributed by atoms with Crippen LogP contribution in [-0.2, 0) is 19.1 Å². The van der Waals surface area contributed by atoms with Crippen LogP contribution in [-0.4, -0.2) is 46.2 Å². The number of fused-ring (bicyclic) bond motifs is 1. The van der Waals surface area contributed by atoms with Gasteiger partial charge >= 0.3 is 5.97 Å². The van der Waals surface area contributed by atoms with Gasteiger partial charge in [-0.2, -0.15) is 0 Å². The lowest BCUT2D eigenvalue weighted by Gasteiger charge is -2.19. The van der Waals surface area contributed by atoms with Gasteiger partial charge in [0.05, 0.1) is 18.3 Å². The van der Waals surface area contributed by atoms with E-state index in [9.17, 15) is 19.2 Å². The van der Waals surface area contributed by atoms with Gasteiger partial charge in [0.2, 0.25) is 17.6 Å². The number of likely N-dealkylation sites (tertiary alicyclic amines) is 1. The van der Waals surface area contributed by atoms with Crippen molar-refractivity contribution >= 4 is 23.6 Å². The summed E-state index contributed by atoms with van der Waals surface area (Å²) >= 11 is 0. The zero-order chi connectivity index (χ0) is 25.3. The highest BCUT2D eigenvalue weighted by atomic mass is 16.5. The number of ether oxygens (including phenoxy) is 1. The number of aromatic nitrogens is 1. The Morgan fingerprint density at radius 2 is 1.60 bits per heavy atom. The number of carbonyl (C=O) groups excluding carboxylic acids is 4. The van der Waals surface area contributed by atoms with Crippen molar-refractivity contribution in [3.8, 4) is 5.69 Å². The molecule has 1 saturated heterocycles. The number of imide groups is 1. The minimum atomic E-state index is -0.591. The molecule has 2 amide bonds. The summed E-state index contributed by atoms with van der Waals surface area (Å²) in [5.74, 6) is -1.23. The fourth-order valence-corrected chi connectivity index (χ4v) is 5.40. The molecule has 1 saturated carbocycles. The third kappa shape index (κ3) is 4.95. The van der Waals surface area contributed by atoms with E-state index in [1.807, 2.05) is 36.6 Å². The minimum absolute atomic E-state index is 0.0125. The van der Waals surface area contributed by atoms with Gasteiger partial charge in [-0.1, -0.05) is 38.8 Å². The number of esters is 1. The molecule has 0 bridgehead atoms. The molecule has 2 aromatic rings. The molecule has 1 aromatic carbocycles. The molecule has 2 atom stereocenters. The summed E-state index contributed by atoms with van der Waals surface area (Å²) in [4.78, 5) is 51.4. The Morgan fingerprint density at radius 3 is 2.17 bits per heavy atom. The van der Waals surface area contributed by atoms with Gasteiger partial charge in [0.1, 0.15) is 0 Å². The molecule has 186 valence electrons. The standard InChI is InChI=1S/C28H34N2O5/c1-17(2)20-9-11-21(12-10-20)30-18(3)15-24(19(30)4)25(31)16-35-26(32)13-14-29-27(33)22-7-5-6-8-23(22)28(29)34/h9-12,15,17,22-23H,5-8,13-14,16H2,1-4H3/t22-,23+. The van der Waals surface area contributed by atoms with Crippen LogP contribution in [0.5, 0.6) is 0 Å². The molecule has 4 rings (SSSR count). The summed E-state index contributed by atoms with van der Waals surface area (Å²) < 4.78 is 7.23. The highest BCUT2D eigenvalue weighted by Crippen LogP contribution is 2.38. The Morgan fingerprint density at radius 1 is 1.00 bits per heavy atom. The zero-order valence-electron chi connectivity index (χ0n) is 21.0. The van der Waals surface area contributed by atoms with E-state index in [4.69, 9.17) is 4.74 Å². The summed E-state index contributed by atoms with van der Waals surface area (Å²) in [6, 6.07) is 10.1. The van der Waals surface area contributed by atoms with Crippen molar-refractivity contribution in [3.05, 3.63) is 52.8 Å². The Labute approximate surface area is 206 Å². The van der Waals surface area contributed by atoms with E-state index < -0.39 is 5.97 Å². The SMILES string of the molecule is Cc1cc(C(=O)COC(=O)CCN2C(=O)[C@H]3CCCC[C@H]3C2=O)c(C)n1-c1ccc(C(C)C)cc1. The molecule has 0 unspecified atom stereocenters. The number of Topliss-reactive ketones (excluding diaryl/α,β-unsaturated/α-hetero) is 1. The van der Waals surface area contributed by atoms with Gasteiger partial charge in [-0.05, 0) is 56.4 Å². The van der Waals surface area contributed by atoms with E-state index in [1.165, 1.54) is 10.5 Å². The molecule has 7 heteroatoms. The van der Waals surface area contributed by atoms with Gasteiger partial charge in [-0.25, -0.2) is 0 Å². The average molecular weight is 479 g/mol. The van der Waals surface area contributed by atoms with Crippen LogP contribution in [0.2, 0.25) is 0 Å². The fraction of sp³-hybridized carbons (Fsp3) is 0.500. The van der Waals surface area contributed by atoms with Crippen LogP contribution in [0.1, 0.15) is 79.2 Å². The predicted octanol–water partition coefficient (Wildman–Crippen LogP) is 4.51. The van der Waals surface area contributed by atoms with Crippen LogP contribution < -0.4 is 0 Å². The third-order valence-electron chi connectivity index (χ3n) is 7.39. The number of ketones is 1. The molecule has 2 aliphatic rings. The first kappa shape index (κ1) is 24.9. The lowest BCUT2D eigenvalue weighted by atomic mass is 9.81. The highest BCUT2D eigenvalue weighted by Gasteiger charge is 2.47. The lowest BCUT2D eigenvalue weighted by molar-refractivity contribution is -0.145. The van der Waals surface area contributed by atoms with Gasteiger partial charge in [0, 0.05) is 29.2 Å². The number of amides is 2. The van der Waals surface area contributed by atoms with Gasteiger partial charge < -0.3 is 9.30 Å². The van der Waals surface area contributed by atoms with E-state index in [-0.39, 0.29) is 49.0 Å². The Hall–Kier alpha value is -3.22. The molecule has 7 nitrogen and oxygen atoms in total. The van der Waals surface area contributed by atoms with Crippen LogP contribution in [0.3, 0.4) is 0 Å². The van der Waals surface area contributed by atoms with E-state index >= 15 is 0 Å². The number of rotatable bonds is 8. The van der Waals surface area contributed by atoms with Crippen molar-refractivity contribution in [1.29, 1.82) is 0 Å². The molecule has 1 aliphatic carbocycles. The molecule has 35 heavy (non-hydrogen) atoms. The largest absolute Gasteiger partial charge is 0.457 e. The van der Waals surface area contributed by atoms with Crippen molar-refractivity contribution < 1.29 is 23.9 Å².